The van der Waals surface area contributed by atoms with E-state index in [1.54, 1.807) is 58.3 Å². The standard InChI is InChI=1S/C49H53N7O8/c1-63-48(61)52-41(29-11-5-3-6-12-29)46(59)54-25-9-15-37(54)44(57)50-33-21-23-35-36-24-22-34(28-40(36)56(39(35)27-33)43(31-17-18-31)32-19-20-32)51-45(58)38-16-10-26-55(38)47(60)42(53-49(62)64-2)30-13-7-4-8-14-30/h3-8,11-14,21-24,27-28,31-32,37-38,41-43H,9-10,15-20,25-26H2,1-2H3,(H,50,57)(H,51,58)(H,52,61)(H,53,62)/t37-,38-,41+,42+/m0/s1. The van der Waals surface area contributed by atoms with Crippen LogP contribution in [0.15, 0.2) is 97.1 Å². The number of amides is 6. The number of aromatic nitrogens is 1. The van der Waals surface area contributed by atoms with E-state index in [2.05, 4.69) is 25.8 Å². The highest BCUT2D eigenvalue weighted by Gasteiger charge is 2.44. The normalized spacial score (nSPS) is 19.3. The molecule has 2 aliphatic carbocycles. The number of carbonyl (C=O) groups excluding carboxylic acids is 6. The number of hydrogen-bond acceptors (Lipinski definition) is 8. The Morgan fingerprint density at radius 3 is 1.33 bits per heavy atom. The Balaban J connectivity index is 0.981. The number of anilines is 2. The van der Waals surface area contributed by atoms with E-state index in [1.165, 1.54) is 14.2 Å². The van der Waals surface area contributed by atoms with Crippen molar-refractivity contribution in [1.82, 2.24) is 25.0 Å². The van der Waals surface area contributed by atoms with Crippen LogP contribution in [0.5, 0.6) is 0 Å². The van der Waals surface area contributed by atoms with Crippen molar-refractivity contribution < 1.29 is 38.2 Å². The van der Waals surface area contributed by atoms with Gasteiger partial charge >= 0.3 is 12.2 Å². The average Bonchev–Trinajstić information content (AvgIpc) is 4.21. The van der Waals surface area contributed by atoms with Crippen molar-refractivity contribution in [2.24, 2.45) is 11.8 Å². The largest absolute Gasteiger partial charge is 0.453 e. The summed E-state index contributed by atoms with van der Waals surface area (Å²) in [5, 5.41) is 13.6. The Bertz CT molecular complexity index is 2420. The Hall–Kier alpha value is -6.90. The molecular weight excluding hydrogens is 815 g/mol. The second-order valence-electron chi connectivity index (χ2n) is 17.3. The first-order valence-corrected chi connectivity index (χ1v) is 22.2. The summed E-state index contributed by atoms with van der Waals surface area (Å²) >= 11 is 0. The SMILES string of the molecule is COC(=O)N[C@@H](C(=O)N1CCC[C@H]1C(=O)Nc1ccc2c3ccc(NC(=O)[C@@H]4CCCN4C(=O)[C@H](NC(=O)OC)c4ccccc4)cc3n(C(C3CC3)C3CC3)c2c1)c1ccccc1. The van der Waals surface area contributed by atoms with E-state index in [4.69, 9.17) is 9.47 Å². The highest BCUT2D eigenvalue weighted by atomic mass is 16.5. The number of fused-ring (bicyclic) bond motifs is 3. The van der Waals surface area contributed by atoms with E-state index in [0.717, 1.165) is 47.5 Å². The number of alkyl carbamates (subject to hydrolysis) is 2. The van der Waals surface area contributed by atoms with Crippen LogP contribution in [0.3, 0.4) is 0 Å². The third-order valence-corrected chi connectivity index (χ3v) is 13.2. The molecule has 4 N–H and O–H groups in total. The second kappa shape index (κ2) is 18.1. The van der Waals surface area contributed by atoms with Gasteiger partial charge in [0.05, 0.1) is 25.3 Å². The lowest BCUT2D eigenvalue weighted by Crippen LogP contribution is -2.48. The molecule has 5 aromatic rings. The highest BCUT2D eigenvalue weighted by molar-refractivity contribution is 6.11. The molecule has 3 heterocycles. The molecule has 1 aromatic heterocycles. The Kier molecular flexibility index (Phi) is 12.0. The van der Waals surface area contributed by atoms with E-state index < -0.39 is 36.4 Å². The van der Waals surface area contributed by atoms with Gasteiger partial charge in [0.15, 0.2) is 0 Å². The van der Waals surface area contributed by atoms with Crippen LogP contribution in [0, 0.1) is 11.8 Å². The third kappa shape index (κ3) is 8.58. The molecule has 9 rings (SSSR count). The predicted octanol–water partition coefficient (Wildman–Crippen LogP) is 7.21. The zero-order chi connectivity index (χ0) is 44.5. The number of ether oxygens (including phenoxy) is 2. The summed E-state index contributed by atoms with van der Waals surface area (Å²) in [5.41, 5.74) is 4.33. The van der Waals surface area contributed by atoms with Gasteiger partial charge in [0.2, 0.25) is 11.8 Å². The van der Waals surface area contributed by atoms with Crippen LogP contribution in [0.25, 0.3) is 21.8 Å². The number of benzene rings is 4. The molecule has 2 saturated carbocycles. The summed E-state index contributed by atoms with van der Waals surface area (Å²) in [7, 11) is 2.48. The first-order valence-electron chi connectivity index (χ1n) is 22.2. The molecule has 0 radical (unpaired) electrons. The van der Waals surface area contributed by atoms with Gasteiger partial charge in [-0.15, -0.1) is 0 Å². The van der Waals surface area contributed by atoms with Crippen LogP contribution in [-0.2, 0) is 28.7 Å². The summed E-state index contributed by atoms with van der Waals surface area (Å²) < 4.78 is 12.1. The number of likely N-dealkylation sites (tertiary alicyclic amines) is 2. The van der Waals surface area contributed by atoms with Gasteiger partial charge in [0, 0.05) is 41.3 Å². The quantitative estimate of drug-likeness (QED) is 0.0959. The first-order chi connectivity index (χ1) is 31.1. The minimum absolute atomic E-state index is 0.247. The summed E-state index contributed by atoms with van der Waals surface area (Å²) in [6, 6.07) is 26.4. The minimum atomic E-state index is -1.02. The molecule has 4 aliphatic rings. The molecule has 64 heavy (non-hydrogen) atoms. The molecule has 15 heteroatoms. The molecule has 6 amide bonds. The van der Waals surface area contributed by atoms with E-state index in [0.29, 0.717) is 73.1 Å². The zero-order valence-electron chi connectivity index (χ0n) is 36.0. The van der Waals surface area contributed by atoms with Crippen molar-refractivity contribution in [1.29, 1.82) is 0 Å². The molecule has 0 unspecified atom stereocenters. The van der Waals surface area contributed by atoms with Gasteiger partial charge in [-0.25, -0.2) is 9.59 Å². The fourth-order valence-electron chi connectivity index (χ4n) is 9.81. The first kappa shape index (κ1) is 42.4. The van der Waals surface area contributed by atoms with Crippen molar-refractivity contribution in [2.45, 2.75) is 81.6 Å². The molecule has 4 fully saturated rings. The molecule has 4 atom stereocenters. The number of hydrogen-bond donors (Lipinski definition) is 4. The number of methoxy groups -OCH3 is 2. The molecule has 332 valence electrons. The Morgan fingerprint density at radius 2 is 0.953 bits per heavy atom. The predicted molar refractivity (Wildman–Crippen MR) is 240 cm³/mol. The lowest BCUT2D eigenvalue weighted by molar-refractivity contribution is -0.138. The van der Waals surface area contributed by atoms with E-state index >= 15 is 0 Å². The maximum absolute atomic E-state index is 14.1. The fourth-order valence-corrected chi connectivity index (χ4v) is 9.81. The van der Waals surface area contributed by atoms with Crippen LogP contribution in [0.4, 0.5) is 21.0 Å². The number of carbonyl (C=O) groups is 6. The maximum atomic E-state index is 14.1. The van der Waals surface area contributed by atoms with Crippen molar-refractivity contribution >= 4 is 69.0 Å². The number of rotatable bonds is 13. The van der Waals surface area contributed by atoms with Gasteiger partial charge in [0.1, 0.15) is 24.2 Å². The van der Waals surface area contributed by atoms with Crippen molar-refractivity contribution in [3.05, 3.63) is 108 Å². The summed E-state index contributed by atoms with van der Waals surface area (Å²) in [5.74, 6) is -0.344. The highest BCUT2D eigenvalue weighted by Crippen LogP contribution is 2.54. The lowest BCUT2D eigenvalue weighted by Gasteiger charge is -2.28. The molecule has 4 aromatic carbocycles. The van der Waals surface area contributed by atoms with E-state index in [-0.39, 0.29) is 29.7 Å². The van der Waals surface area contributed by atoms with Crippen molar-refractivity contribution in [2.75, 3.05) is 37.9 Å². The minimum Gasteiger partial charge on any atom is -0.453 e. The second-order valence-corrected chi connectivity index (χ2v) is 17.3. The Labute approximate surface area is 370 Å². The van der Waals surface area contributed by atoms with Crippen LogP contribution >= 0.6 is 0 Å². The molecule has 2 aliphatic heterocycles. The summed E-state index contributed by atoms with van der Waals surface area (Å²) in [4.78, 5) is 84.1. The number of nitrogens with zero attached hydrogens (tertiary/aromatic N) is 3. The van der Waals surface area contributed by atoms with Gasteiger partial charge in [-0.1, -0.05) is 72.8 Å². The average molecular weight is 868 g/mol. The van der Waals surface area contributed by atoms with Crippen LogP contribution in [0.2, 0.25) is 0 Å². The van der Waals surface area contributed by atoms with Gasteiger partial charge in [-0.2, -0.15) is 0 Å². The smallest absolute Gasteiger partial charge is 0.407 e. The zero-order valence-corrected chi connectivity index (χ0v) is 36.0. The van der Waals surface area contributed by atoms with Gasteiger partial charge in [-0.3, -0.25) is 19.2 Å². The fraction of sp³-hybridized carbons (Fsp3) is 0.388. The molecular formula is C49H53N7O8. The maximum Gasteiger partial charge on any atom is 0.407 e. The molecule has 2 saturated heterocycles. The van der Waals surface area contributed by atoms with Crippen LogP contribution < -0.4 is 21.3 Å². The van der Waals surface area contributed by atoms with Gasteiger partial charge in [-0.05, 0) is 98.6 Å². The van der Waals surface area contributed by atoms with Gasteiger partial charge < -0.3 is 45.1 Å². The lowest BCUT2D eigenvalue weighted by atomic mass is 10.0. The molecule has 0 bridgehead atoms. The van der Waals surface area contributed by atoms with Gasteiger partial charge in [0.25, 0.3) is 11.8 Å². The summed E-state index contributed by atoms with van der Waals surface area (Å²) in [6.45, 7) is 0.741. The monoisotopic (exact) mass is 867 g/mol. The van der Waals surface area contributed by atoms with E-state index in [9.17, 15) is 28.8 Å². The van der Waals surface area contributed by atoms with Crippen molar-refractivity contribution in [3.8, 4) is 0 Å². The van der Waals surface area contributed by atoms with Crippen LogP contribution in [-0.4, -0.2) is 89.6 Å². The van der Waals surface area contributed by atoms with E-state index in [1.807, 2.05) is 48.5 Å². The van der Waals surface area contributed by atoms with Crippen molar-refractivity contribution in [3.63, 3.8) is 0 Å². The molecule has 15 nitrogen and oxygen atoms in total. The Morgan fingerprint density at radius 1 is 0.547 bits per heavy atom. The topological polar surface area (TPSA) is 180 Å². The van der Waals surface area contributed by atoms with Crippen LogP contribution in [0.1, 0.15) is 80.6 Å². The number of nitrogens with one attached hydrogen (secondary N) is 4. The summed E-state index contributed by atoms with van der Waals surface area (Å²) in [6.07, 6.45) is 5.28. The molecule has 0 spiro atoms. The third-order valence-electron chi connectivity index (χ3n) is 13.2.